The highest BCUT2D eigenvalue weighted by molar-refractivity contribution is 5.76. The van der Waals surface area contributed by atoms with Crippen molar-refractivity contribution in [2.45, 2.75) is 6.54 Å². The summed E-state index contributed by atoms with van der Waals surface area (Å²) < 4.78 is 4.08. The van der Waals surface area contributed by atoms with E-state index < -0.39 is 11.2 Å². The normalized spacial score (nSPS) is 10.8. The maximum Gasteiger partial charge on any atom is 0.333 e. The zero-order chi connectivity index (χ0) is 15.9. The first-order valence-electron chi connectivity index (χ1n) is 6.71. The molecule has 0 unspecified atom stereocenters. The number of hydrogen-bond donors (Lipinski definition) is 0. The molecule has 0 spiro atoms. The number of benzene rings is 1. The van der Waals surface area contributed by atoms with Crippen molar-refractivity contribution >= 4 is 11.2 Å². The van der Waals surface area contributed by atoms with Crippen molar-refractivity contribution in [3.8, 4) is 23.7 Å². The minimum Gasteiger partial charge on any atom is -0.321 e. The third-order valence-corrected chi connectivity index (χ3v) is 3.64. The second kappa shape index (κ2) is 5.04. The van der Waals surface area contributed by atoms with Crippen molar-refractivity contribution in [2.24, 2.45) is 14.1 Å². The van der Waals surface area contributed by atoms with Crippen molar-refractivity contribution in [3.05, 3.63) is 51.2 Å². The number of hydrogen-bond acceptors (Lipinski definition) is 3. The average molecular weight is 294 g/mol. The highest BCUT2D eigenvalue weighted by atomic mass is 16.2. The van der Waals surface area contributed by atoms with E-state index in [9.17, 15) is 9.59 Å². The first kappa shape index (κ1) is 13.9. The van der Waals surface area contributed by atoms with Gasteiger partial charge in [-0.25, -0.2) is 14.3 Å². The lowest BCUT2D eigenvalue weighted by molar-refractivity contribution is 0.674. The van der Waals surface area contributed by atoms with Gasteiger partial charge in [-0.3, -0.25) is 9.36 Å². The van der Waals surface area contributed by atoms with Crippen LogP contribution in [-0.4, -0.2) is 18.7 Å². The maximum absolute atomic E-state index is 12.6. The van der Waals surface area contributed by atoms with Crippen LogP contribution >= 0.6 is 0 Å². The summed E-state index contributed by atoms with van der Waals surface area (Å²) >= 11 is 0. The molecule has 110 valence electrons. The molecule has 22 heavy (non-hydrogen) atoms. The van der Waals surface area contributed by atoms with Crippen molar-refractivity contribution in [3.63, 3.8) is 0 Å². The SMILES string of the molecule is C#CCn1c(=O)c2c(nc(-c3ccccc3)n2C)n(C)c1=O. The van der Waals surface area contributed by atoms with Crippen LogP contribution in [0.3, 0.4) is 0 Å². The van der Waals surface area contributed by atoms with Crippen LogP contribution in [0.1, 0.15) is 0 Å². The number of fused-ring (bicyclic) bond motifs is 1. The summed E-state index contributed by atoms with van der Waals surface area (Å²) in [5.74, 6) is 2.96. The van der Waals surface area contributed by atoms with E-state index in [1.54, 1.807) is 18.7 Å². The molecule has 6 heteroatoms. The van der Waals surface area contributed by atoms with Crippen LogP contribution in [-0.2, 0) is 20.6 Å². The summed E-state index contributed by atoms with van der Waals surface area (Å²) in [6.07, 6.45) is 5.25. The Hall–Kier alpha value is -3.07. The van der Waals surface area contributed by atoms with Gasteiger partial charge in [0.2, 0.25) is 0 Å². The van der Waals surface area contributed by atoms with Crippen LogP contribution in [0, 0.1) is 12.3 Å². The summed E-state index contributed by atoms with van der Waals surface area (Å²) in [6.45, 7) is -0.0622. The van der Waals surface area contributed by atoms with Gasteiger partial charge in [0.15, 0.2) is 11.2 Å². The number of terminal acetylenes is 1. The molecule has 0 saturated heterocycles. The molecule has 0 aliphatic heterocycles. The molecule has 1 aromatic carbocycles. The lowest BCUT2D eigenvalue weighted by atomic mass is 10.2. The van der Waals surface area contributed by atoms with Crippen LogP contribution in [0.2, 0.25) is 0 Å². The summed E-state index contributed by atoms with van der Waals surface area (Å²) in [5, 5.41) is 0. The van der Waals surface area contributed by atoms with Gasteiger partial charge in [0.1, 0.15) is 5.82 Å². The zero-order valence-corrected chi connectivity index (χ0v) is 12.3. The van der Waals surface area contributed by atoms with Gasteiger partial charge < -0.3 is 4.57 Å². The third-order valence-electron chi connectivity index (χ3n) is 3.64. The topological polar surface area (TPSA) is 61.8 Å². The average Bonchev–Trinajstić information content (AvgIpc) is 2.88. The Morgan fingerprint density at radius 2 is 1.82 bits per heavy atom. The van der Waals surface area contributed by atoms with Gasteiger partial charge in [-0.05, 0) is 0 Å². The molecule has 0 bridgehead atoms. The quantitative estimate of drug-likeness (QED) is 0.655. The Bertz CT molecular complexity index is 1020. The second-order valence-electron chi connectivity index (χ2n) is 4.97. The fourth-order valence-corrected chi connectivity index (χ4v) is 2.52. The van der Waals surface area contributed by atoms with Crippen LogP contribution in [0.15, 0.2) is 39.9 Å². The van der Waals surface area contributed by atoms with E-state index in [2.05, 4.69) is 10.9 Å². The van der Waals surface area contributed by atoms with Gasteiger partial charge >= 0.3 is 5.69 Å². The molecule has 0 radical (unpaired) electrons. The van der Waals surface area contributed by atoms with Crippen molar-refractivity contribution in [1.29, 1.82) is 0 Å². The Balaban J connectivity index is 2.44. The molecule has 3 rings (SSSR count). The fraction of sp³-hybridized carbons (Fsp3) is 0.188. The highest BCUT2D eigenvalue weighted by Crippen LogP contribution is 2.20. The molecule has 2 heterocycles. The largest absolute Gasteiger partial charge is 0.333 e. The standard InChI is InChI=1S/C16H14N4O2/c1-4-10-20-15(21)12-14(19(3)16(20)22)17-13(18(12)2)11-8-6-5-7-9-11/h1,5-9H,10H2,2-3H3. The second-order valence-corrected chi connectivity index (χ2v) is 4.97. The Labute approximate surface area is 126 Å². The van der Waals surface area contributed by atoms with E-state index in [-0.39, 0.29) is 6.54 Å². The number of rotatable bonds is 2. The van der Waals surface area contributed by atoms with Crippen molar-refractivity contribution in [2.75, 3.05) is 0 Å². The zero-order valence-electron chi connectivity index (χ0n) is 12.3. The lowest BCUT2D eigenvalue weighted by Crippen LogP contribution is -2.39. The van der Waals surface area contributed by atoms with Gasteiger partial charge in [0.25, 0.3) is 5.56 Å². The van der Waals surface area contributed by atoms with Gasteiger partial charge in [-0.1, -0.05) is 36.3 Å². The van der Waals surface area contributed by atoms with Crippen LogP contribution in [0.5, 0.6) is 0 Å². The van der Waals surface area contributed by atoms with Gasteiger partial charge in [0.05, 0.1) is 6.54 Å². The van der Waals surface area contributed by atoms with E-state index in [1.165, 1.54) is 4.57 Å². The molecular formula is C16H14N4O2. The van der Waals surface area contributed by atoms with Crippen LogP contribution < -0.4 is 11.2 Å². The Morgan fingerprint density at radius 3 is 2.45 bits per heavy atom. The van der Waals surface area contributed by atoms with E-state index in [4.69, 9.17) is 6.42 Å². The Kier molecular flexibility index (Phi) is 3.18. The molecule has 0 fully saturated rings. The Morgan fingerprint density at radius 1 is 1.14 bits per heavy atom. The number of aromatic nitrogens is 4. The first-order valence-corrected chi connectivity index (χ1v) is 6.71. The van der Waals surface area contributed by atoms with Crippen molar-refractivity contribution < 1.29 is 0 Å². The predicted molar refractivity (Wildman–Crippen MR) is 84.5 cm³/mol. The van der Waals surface area contributed by atoms with Crippen LogP contribution in [0.25, 0.3) is 22.6 Å². The summed E-state index contributed by atoms with van der Waals surface area (Å²) in [4.78, 5) is 29.2. The molecule has 0 amide bonds. The summed E-state index contributed by atoms with van der Waals surface area (Å²) in [6, 6.07) is 9.50. The van der Waals surface area contributed by atoms with E-state index in [0.29, 0.717) is 17.0 Å². The fourth-order valence-electron chi connectivity index (χ4n) is 2.52. The summed E-state index contributed by atoms with van der Waals surface area (Å²) in [7, 11) is 3.34. The van der Waals surface area contributed by atoms with Gasteiger partial charge in [-0.2, -0.15) is 0 Å². The predicted octanol–water partition coefficient (Wildman–Crippen LogP) is 0.734. The minimum absolute atomic E-state index is 0.0622. The van der Waals surface area contributed by atoms with Crippen LogP contribution in [0.4, 0.5) is 0 Å². The van der Waals surface area contributed by atoms with Gasteiger partial charge in [-0.15, -0.1) is 6.42 Å². The number of imidazole rings is 1. The molecule has 0 aliphatic rings. The minimum atomic E-state index is -0.465. The molecule has 0 N–H and O–H groups in total. The third kappa shape index (κ3) is 1.87. The molecule has 2 aromatic heterocycles. The maximum atomic E-state index is 12.6. The van der Waals surface area contributed by atoms with E-state index >= 15 is 0 Å². The molecule has 3 aromatic rings. The smallest absolute Gasteiger partial charge is 0.321 e. The van der Waals surface area contributed by atoms with Crippen molar-refractivity contribution in [1.82, 2.24) is 18.7 Å². The number of nitrogens with zero attached hydrogens (tertiary/aromatic N) is 4. The van der Waals surface area contributed by atoms with E-state index in [0.717, 1.165) is 10.1 Å². The summed E-state index contributed by atoms with van der Waals surface area (Å²) in [5.41, 5.74) is 0.693. The molecule has 0 aliphatic carbocycles. The van der Waals surface area contributed by atoms with Gasteiger partial charge in [0, 0.05) is 19.7 Å². The van der Waals surface area contributed by atoms with E-state index in [1.807, 2.05) is 30.3 Å². The lowest BCUT2D eigenvalue weighted by Gasteiger charge is -2.05. The first-order chi connectivity index (χ1) is 10.6. The number of aryl methyl sites for hydroxylation is 2. The molecule has 0 atom stereocenters. The molecule has 0 saturated carbocycles. The molecule has 6 nitrogen and oxygen atoms in total. The highest BCUT2D eigenvalue weighted by Gasteiger charge is 2.18. The molecular weight excluding hydrogens is 280 g/mol. The monoisotopic (exact) mass is 294 g/mol.